The topological polar surface area (TPSA) is 70.1 Å². The van der Waals surface area contributed by atoms with Crippen LogP contribution in [-0.4, -0.2) is 4.57 Å². The third-order valence-electron chi connectivity index (χ3n) is 10.5. The highest BCUT2D eigenvalue weighted by Crippen LogP contribution is 2.52. The fourth-order valence-corrected chi connectivity index (χ4v) is 7.81. The van der Waals surface area contributed by atoms with Gasteiger partial charge in [-0.15, -0.1) is 0 Å². The molecule has 272 valence electrons. The normalized spacial score (nSPS) is 12.1. The molecule has 1 aliphatic rings. The number of nitrogens with two attached hydrogens (primary N) is 2. The van der Waals surface area contributed by atoms with E-state index in [2.05, 4.69) is 202 Å². The Kier molecular flexibility index (Phi) is 10.6. The summed E-state index contributed by atoms with van der Waals surface area (Å²) in [6.45, 7) is 13.6. The number of hydrogen-bond donors (Lipinski definition) is 2. The smallest absolute Gasteiger partial charge is 0.136 e. The van der Waals surface area contributed by atoms with Crippen molar-refractivity contribution in [3.05, 3.63) is 211 Å². The zero-order valence-electron chi connectivity index (χ0n) is 31.8. The van der Waals surface area contributed by atoms with Crippen molar-refractivity contribution in [1.82, 2.24) is 4.57 Å². The van der Waals surface area contributed by atoms with Crippen molar-refractivity contribution in [1.29, 1.82) is 0 Å². The number of benzene rings is 7. The van der Waals surface area contributed by atoms with Crippen LogP contribution in [0.3, 0.4) is 0 Å². The molecule has 0 radical (unpaired) electrons. The summed E-state index contributed by atoms with van der Waals surface area (Å²) < 4.78 is 8.71. The van der Waals surface area contributed by atoms with Gasteiger partial charge in [0.1, 0.15) is 11.2 Å². The van der Waals surface area contributed by atoms with Gasteiger partial charge >= 0.3 is 0 Å². The van der Waals surface area contributed by atoms with Crippen molar-refractivity contribution < 1.29 is 4.42 Å². The molecule has 0 fully saturated rings. The lowest BCUT2D eigenvalue weighted by molar-refractivity contribution is 0.658. The largest absolute Gasteiger partial charge is 0.456 e. The maximum Gasteiger partial charge on any atom is 0.136 e. The molecule has 1 aliphatic carbocycles. The van der Waals surface area contributed by atoms with Crippen molar-refractivity contribution in [3.8, 4) is 16.8 Å². The third kappa shape index (κ3) is 7.02. The Balaban J connectivity index is 0.000000204. The summed E-state index contributed by atoms with van der Waals surface area (Å²) >= 11 is 0. The summed E-state index contributed by atoms with van der Waals surface area (Å²) in [5, 5.41) is 4.96. The van der Waals surface area contributed by atoms with Gasteiger partial charge in [-0.1, -0.05) is 154 Å². The van der Waals surface area contributed by atoms with Crippen molar-refractivity contribution >= 4 is 43.7 Å². The molecule has 0 bridgehead atoms. The Morgan fingerprint density at radius 2 is 1.09 bits per heavy atom. The minimum absolute atomic E-state index is 0.111. The van der Waals surface area contributed by atoms with Crippen LogP contribution in [0.1, 0.15) is 41.7 Å². The highest BCUT2D eigenvalue weighted by atomic mass is 16.3. The Labute approximate surface area is 323 Å². The summed E-state index contributed by atoms with van der Waals surface area (Å²) in [5.41, 5.74) is 14.9. The Bertz CT molecular complexity index is 2710. The first-order valence-corrected chi connectivity index (χ1v) is 18.6. The van der Waals surface area contributed by atoms with Gasteiger partial charge in [0.2, 0.25) is 0 Å². The van der Waals surface area contributed by atoms with E-state index < -0.39 is 0 Å². The maximum atomic E-state index is 6.29. The van der Waals surface area contributed by atoms with Crippen LogP contribution < -0.4 is 11.7 Å². The number of furan rings is 1. The zero-order valence-corrected chi connectivity index (χ0v) is 31.8. The van der Waals surface area contributed by atoms with E-state index in [4.69, 9.17) is 4.42 Å². The molecule has 0 spiro atoms. The molecule has 2 aromatic heterocycles. The van der Waals surface area contributed by atoms with Crippen LogP contribution in [0.4, 0.5) is 0 Å². The molecule has 0 unspecified atom stereocenters. The number of fused-ring (bicyclic) bond motifs is 9. The first-order chi connectivity index (χ1) is 26.9. The molecule has 4 heteroatoms. The van der Waals surface area contributed by atoms with Gasteiger partial charge in [-0.05, 0) is 95.3 Å². The fourth-order valence-electron chi connectivity index (χ4n) is 7.81. The van der Waals surface area contributed by atoms with Crippen molar-refractivity contribution in [2.75, 3.05) is 0 Å². The Morgan fingerprint density at radius 1 is 0.545 bits per heavy atom. The number of hydrogen-bond acceptors (Lipinski definition) is 3. The Hall–Kier alpha value is -6.46. The number of aryl methyl sites for hydroxylation is 1. The molecule has 10 rings (SSSR count). The molecule has 9 aromatic rings. The predicted octanol–water partition coefficient (Wildman–Crippen LogP) is 12.8. The van der Waals surface area contributed by atoms with E-state index in [1.165, 1.54) is 77.2 Å². The van der Waals surface area contributed by atoms with E-state index in [1.54, 1.807) is 12.2 Å². The summed E-state index contributed by atoms with van der Waals surface area (Å²) in [4.78, 5) is 0. The second-order valence-corrected chi connectivity index (χ2v) is 14.3. The van der Waals surface area contributed by atoms with Gasteiger partial charge < -0.3 is 8.98 Å². The van der Waals surface area contributed by atoms with Gasteiger partial charge in [-0.25, -0.2) is 0 Å². The lowest BCUT2D eigenvalue weighted by Crippen LogP contribution is -2.15. The fraction of sp³-hybridized carbons (Fsp3) is 0.0980. The summed E-state index contributed by atoms with van der Waals surface area (Å²) in [6, 6.07) is 56.5. The SMILES string of the molecule is C=CC=C.Cc1ccc(-n2c3ccccc3c3cc4c(cc32)C(C)(C)c2cc3c(cc2-4)oc2ccccc23)cc1.NN.c1ccc(Cc2ccccc2)cc1. The van der Waals surface area contributed by atoms with E-state index in [9.17, 15) is 0 Å². The first-order valence-electron chi connectivity index (χ1n) is 18.6. The van der Waals surface area contributed by atoms with E-state index in [1.807, 2.05) is 6.07 Å². The summed E-state index contributed by atoms with van der Waals surface area (Å²) in [5.74, 6) is 8.00. The molecule has 55 heavy (non-hydrogen) atoms. The van der Waals surface area contributed by atoms with Crippen LogP contribution in [-0.2, 0) is 11.8 Å². The second-order valence-electron chi connectivity index (χ2n) is 14.3. The lowest BCUT2D eigenvalue weighted by atomic mass is 9.82. The minimum atomic E-state index is -0.111. The van der Waals surface area contributed by atoms with Crippen LogP contribution in [0.25, 0.3) is 60.6 Å². The molecule has 7 aromatic carbocycles. The number of rotatable bonds is 4. The first kappa shape index (κ1) is 36.9. The summed E-state index contributed by atoms with van der Waals surface area (Å²) in [7, 11) is 0. The number of para-hydroxylation sites is 2. The van der Waals surface area contributed by atoms with Crippen molar-refractivity contribution in [3.63, 3.8) is 0 Å². The molecule has 4 nitrogen and oxygen atoms in total. The second kappa shape index (κ2) is 15.9. The van der Waals surface area contributed by atoms with E-state index in [0.717, 1.165) is 17.6 Å². The maximum absolute atomic E-state index is 6.29. The van der Waals surface area contributed by atoms with Crippen LogP contribution in [0.15, 0.2) is 187 Å². The van der Waals surface area contributed by atoms with Gasteiger partial charge in [0.15, 0.2) is 0 Å². The van der Waals surface area contributed by atoms with Crippen molar-refractivity contribution in [2.45, 2.75) is 32.6 Å². The van der Waals surface area contributed by atoms with E-state index >= 15 is 0 Å². The zero-order chi connectivity index (χ0) is 38.5. The third-order valence-corrected chi connectivity index (χ3v) is 10.5. The molecule has 0 aliphatic heterocycles. The highest BCUT2D eigenvalue weighted by molar-refractivity contribution is 6.13. The molecular formula is C51H47N3O. The van der Waals surface area contributed by atoms with Crippen molar-refractivity contribution in [2.24, 2.45) is 11.7 Å². The standard InChI is InChI=1S/C34H25NO.C13H12.C4H6.H4N2/c1-20-12-14-21(15-13-20)35-30-10-6-4-8-22(30)26-16-24-25-18-33-27(23-9-5-7-11-32(23)36-33)17-28(25)34(2,3)29(24)19-31(26)35;1-3-7-12(8-4-1)11-13-9-5-2-6-10-13;1-3-4-2;1-2/h4-19H,1-3H3;1-10H,11H2;3-4H,1-2H2;1-2H2. The van der Waals surface area contributed by atoms with Crippen LogP contribution in [0.2, 0.25) is 0 Å². The van der Waals surface area contributed by atoms with Crippen LogP contribution >= 0.6 is 0 Å². The average molecular weight is 718 g/mol. The molecular weight excluding hydrogens is 671 g/mol. The van der Waals surface area contributed by atoms with E-state index in [-0.39, 0.29) is 5.41 Å². The molecule has 0 saturated carbocycles. The number of nitrogens with zero attached hydrogens (tertiary/aromatic N) is 1. The van der Waals surface area contributed by atoms with E-state index in [0.29, 0.717) is 0 Å². The van der Waals surface area contributed by atoms with Gasteiger partial charge in [0.05, 0.1) is 11.0 Å². The average Bonchev–Trinajstić information content (AvgIpc) is 3.83. The highest BCUT2D eigenvalue weighted by Gasteiger charge is 2.37. The minimum Gasteiger partial charge on any atom is -0.456 e. The van der Waals surface area contributed by atoms with Crippen LogP contribution in [0, 0.1) is 6.92 Å². The monoisotopic (exact) mass is 717 g/mol. The Morgan fingerprint density at radius 3 is 1.73 bits per heavy atom. The molecule has 0 atom stereocenters. The van der Waals surface area contributed by atoms with Gasteiger partial charge in [-0.2, -0.15) is 0 Å². The number of hydrazine groups is 1. The summed E-state index contributed by atoms with van der Waals surface area (Å²) in [6.07, 6.45) is 4.31. The number of allylic oxidation sites excluding steroid dienone is 2. The predicted molar refractivity (Wildman–Crippen MR) is 235 cm³/mol. The lowest BCUT2D eigenvalue weighted by Gasteiger charge is -2.22. The molecule has 2 heterocycles. The van der Waals surface area contributed by atoms with Crippen LogP contribution in [0.5, 0.6) is 0 Å². The molecule has 4 N–H and O–H groups in total. The quantitative estimate of drug-likeness (QED) is 0.108. The van der Waals surface area contributed by atoms with Gasteiger partial charge in [-0.3, -0.25) is 11.7 Å². The number of aromatic nitrogens is 1. The molecule has 0 amide bonds. The molecule has 0 saturated heterocycles. The van der Waals surface area contributed by atoms with Gasteiger partial charge in [0, 0.05) is 32.6 Å². The van der Waals surface area contributed by atoms with Gasteiger partial charge in [0.25, 0.3) is 0 Å².